The lowest BCUT2D eigenvalue weighted by Crippen LogP contribution is -2.49. The maximum atomic E-state index is 12.7. The van der Waals surface area contributed by atoms with E-state index in [4.69, 9.17) is 10.9 Å². The Bertz CT molecular complexity index is 415. The molecule has 3 N–H and O–H groups in total. The number of aromatic nitrogens is 2. The summed E-state index contributed by atoms with van der Waals surface area (Å²) in [4.78, 5) is 11.9. The number of piperazine rings is 1. The molecule has 1 aliphatic heterocycles. The van der Waals surface area contributed by atoms with E-state index in [2.05, 4.69) is 20.0 Å². The maximum Gasteiger partial charge on any atom is 0.225 e. The standard InChI is InChI=1S/C10H15FN6O/c11-8-5-13-10(14-6-8)17-3-1-16(2-4-17)7-9(12)15-18/h5-6,18H,1-4,7H2,(H2,12,15). The minimum atomic E-state index is -0.440. The largest absolute Gasteiger partial charge is 0.409 e. The van der Waals surface area contributed by atoms with E-state index in [0.29, 0.717) is 12.5 Å². The molecule has 1 aliphatic rings. The summed E-state index contributed by atoms with van der Waals surface area (Å²) in [6.45, 7) is 3.41. The molecule has 0 atom stereocenters. The third-order valence-electron chi connectivity index (χ3n) is 2.78. The number of rotatable bonds is 3. The number of nitrogens with two attached hydrogens (primary N) is 1. The van der Waals surface area contributed by atoms with Gasteiger partial charge < -0.3 is 15.8 Å². The summed E-state index contributed by atoms with van der Waals surface area (Å²) in [7, 11) is 0. The summed E-state index contributed by atoms with van der Waals surface area (Å²) in [5.74, 6) is 0.283. The van der Waals surface area contributed by atoms with Crippen LogP contribution in [0.3, 0.4) is 0 Å². The van der Waals surface area contributed by atoms with Gasteiger partial charge in [0.05, 0.1) is 18.9 Å². The highest BCUT2D eigenvalue weighted by molar-refractivity contribution is 5.81. The molecule has 0 saturated carbocycles. The van der Waals surface area contributed by atoms with Gasteiger partial charge in [-0.15, -0.1) is 0 Å². The van der Waals surface area contributed by atoms with Gasteiger partial charge in [-0.1, -0.05) is 5.16 Å². The first-order valence-electron chi connectivity index (χ1n) is 5.60. The van der Waals surface area contributed by atoms with E-state index in [-0.39, 0.29) is 5.84 Å². The average Bonchev–Trinajstić information content (AvgIpc) is 2.40. The van der Waals surface area contributed by atoms with Crippen molar-refractivity contribution in [2.75, 3.05) is 37.6 Å². The van der Waals surface area contributed by atoms with Gasteiger partial charge in [-0.2, -0.15) is 0 Å². The summed E-state index contributed by atoms with van der Waals surface area (Å²) < 4.78 is 12.7. The van der Waals surface area contributed by atoms with Gasteiger partial charge in [-0.05, 0) is 0 Å². The van der Waals surface area contributed by atoms with Crippen LogP contribution in [0.4, 0.5) is 10.3 Å². The van der Waals surface area contributed by atoms with E-state index < -0.39 is 5.82 Å². The van der Waals surface area contributed by atoms with Crippen LogP contribution >= 0.6 is 0 Å². The van der Waals surface area contributed by atoms with Gasteiger partial charge in [0, 0.05) is 26.2 Å². The highest BCUT2D eigenvalue weighted by Gasteiger charge is 2.19. The monoisotopic (exact) mass is 254 g/mol. The lowest BCUT2D eigenvalue weighted by atomic mass is 10.3. The van der Waals surface area contributed by atoms with Gasteiger partial charge >= 0.3 is 0 Å². The van der Waals surface area contributed by atoms with Crippen molar-refractivity contribution in [2.24, 2.45) is 10.9 Å². The van der Waals surface area contributed by atoms with E-state index in [1.165, 1.54) is 0 Å². The number of hydrogen-bond donors (Lipinski definition) is 2. The van der Waals surface area contributed by atoms with Gasteiger partial charge in [-0.3, -0.25) is 4.90 Å². The van der Waals surface area contributed by atoms with Gasteiger partial charge in [0.15, 0.2) is 11.7 Å². The molecule has 0 spiro atoms. The van der Waals surface area contributed by atoms with E-state index in [1.54, 1.807) is 0 Å². The summed E-state index contributed by atoms with van der Waals surface area (Å²) in [6, 6.07) is 0. The second kappa shape index (κ2) is 5.58. The number of amidine groups is 1. The molecule has 8 heteroatoms. The molecular weight excluding hydrogens is 239 g/mol. The fraction of sp³-hybridized carbons (Fsp3) is 0.500. The Morgan fingerprint density at radius 3 is 2.50 bits per heavy atom. The normalized spacial score (nSPS) is 18.1. The van der Waals surface area contributed by atoms with Crippen molar-refractivity contribution >= 4 is 11.8 Å². The predicted octanol–water partition coefficient (Wildman–Crippen LogP) is -0.516. The van der Waals surface area contributed by atoms with Crippen LogP contribution < -0.4 is 10.6 Å². The molecule has 0 aliphatic carbocycles. The molecule has 98 valence electrons. The molecule has 0 aromatic carbocycles. The molecule has 0 amide bonds. The number of anilines is 1. The van der Waals surface area contributed by atoms with Crippen LogP contribution in [0.15, 0.2) is 17.5 Å². The summed E-state index contributed by atoms with van der Waals surface area (Å²) >= 11 is 0. The smallest absolute Gasteiger partial charge is 0.225 e. The first-order chi connectivity index (χ1) is 8.69. The molecule has 18 heavy (non-hydrogen) atoms. The number of oxime groups is 1. The third-order valence-corrected chi connectivity index (χ3v) is 2.78. The lowest BCUT2D eigenvalue weighted by Gasteiger charge is -2.34. The zero-order valence-corrected chi connectivity index (χ0v) is 9.83. The van der Waals surface area contributed by atoms with Crippen LogP contribution in [0.2, 0.25) is 0 Å². The Labute approximate surface area is 104 Å². The maximum absolute atomic E-state index is 12.7. The summed E-state index contributed by atoms with van der Waals surface area (Å²) in [5, 5.41) is 11.4. The molecule has 1 fully saturated rings. The van der Waals surface area contributed by atoms with Gasteiger partial charge in [0.2, 0.25) is 5.95 Å². The Morgan fingerprint density at radius 1 is 1.33 bits per heavy atom. The average molecular weight is 254 g/mol. The lowest BCUT2D eigenvalue weighted by molar-refractivity contribution is 0.277. The number of halogens is 1. The minimum Gasteiger partial charge on any atom is -0.409 e. The number of nitrogens with zero attached hydrogens (tertiary/aromatic N) is 5. The highest BCUT2D eigenvalue weighted by Crippen LogP contribution is 2.10. The van der Waals surface area contributed by atoms with Crippen molar-refractivity contribution in [3.8, 4) is 0 Å². The highest BCUT2D eigenvalue weighted by atomic mass is 19.1. The van der Waals surface area contributed by atoms with Crippen molar-refractivity contribution in [3.63, 3.8) is 0 Å². The molecule has 1 saturated heterocycles. The molecule has 0 unspecified atom stereocenters. The summed E-state index contributed by atoms with van der Waals surface area (Å²) in [6.07, 6.45) is 2.32. The quantitative estimate of drug-likeness (QED) is 0.326. The third kappa shape index (κ3) is 3.04. The fourth-order valence-electron chi connectivity index (χ4n) is 1.84. The molecule has 0 bridgehead atoms. The molecular formula is C10H15FN6O. The Kier molecular flexibility index (Phi) is 3.88. The molecule has 0 radical (unpaired) electrons. The van der Waals surface area contributed by atoms with Gasteiger partial charge in [-0.25, -0.2) is 14.4 Å². The fourth-order valence-corrected chi connectivity index (χ4v) is 1.84. The zero-order chi connectivity index (χ0) is 13.0. The Hall–Kier alpha value is -1.96. The molecule has 2 heterocycles. The topological polar surface area (TPSA) is 90.9 Å². The number of hydrogen-bond acceptors (Lipinski definition) is 6. The van der Waals surface area contributed by atoms with Crippen LogP contribution in [0.25, 0.3) is 0 Å². The molecule has 7 nitrogen and oxygen atoms in total. The first kappa shape index (κ1) is 12.5. The Balaban J connectivity index is 1.88. The van der Waals surface area contributed by atoms with Crippen LogP contribution in [0.1, 0.15) is 0 Å². The van der Waals surface area contributed by atoms with Crippen LogP contribution in [0, 0.1) is 5.82 Å². The second-order valence-electron chi connectivity index (χ2n) is 4.06. The van der Waals surface area contributed by atoms with Crippen molar-refractivity contribution in [2.45, 2.75) is 0 Å². The zero-order valence-electron chi connectivity index (χ0n) is 9.83. The predicted molar refractivity (Wildman–Crippen MR) is 64.1 cm³/mol. The van der Waals surface area contributed by atoms with E-state index in [9.17, 15) is 4.39 Å². The molecule has 2 rings (SSSR count). The Morgan fingerprint density at radius 2 is 1.94 bits per heavy atom. The van der Waals surface area contributed by atoms with Crippen LogP contribution in [0.5, 0.6) is 0 Å². The van der Waals surface area contributed by atoms with E-state index in [1.807, 2.05) is 4.90 Å². The molecule has 1 aromatic heterocycles. The van der Waals surface area contributed by atoms with Crippen molar-refractivity contribution < 1.29 is 9.60 Å². The SMILES string of the molecule is NC(CN1CCN(c2ncc(F)cn2)CC1)=NO. The van der Waals surface area contributed by atoms with Gasteiger partial charge in [0.1, 0.15) is 0 Å². The van der Waals surface area contributed by atoms with E-state index in [0.717, 1.165) is 38.6 Å². The van der Waals surface area contributed by atoms with Crippen molar-refractivity contribution in [1.82, 2.24) is 14.9 Å². The van der Waals surface area contributed by atoms with Crippen molar-refractivity contribution in [1.29, 1.82) is 0 Å². The molecule has 1 aromatic rings. The summed E-state index contributed by atoms with van der Waals surface area (Å²) in [5.41, 5.74) is 5.44. The first-order valence-corrected chi connectivity index (χ1v) is 5.60. The minimum absolute atomic E-state index is 0.196. The van der Waals surface area contributed by atoms with Crippen molar-refractivity contribution in [3.05, 3.63) is 18.2 Å². The van der Waals surface area contributed by atoms with E-state index >= 15 is 0 Å². The second-order valence-corrected chi connectivity index (χ2v) is 4.06. The van der Waals surface area contributed by atoms with Gasteiger partial charge in [0.25, 0.3) is 0 Å². The van der Waals surface area contributed by atoms with Crippen LogP contribution in [-0.2, 0) is 0 Å². The van der Waals surface area contributed by atoms with Crippen LogP contribution in [-0.4, -0.2) is 58.6 Å².